The Morgan fingerprint density at radius 1 is 1.12 bits per heavy atom. The average Bonchev–Trinajstić information content (AvgIpc) is 3.24. The maximum absolute atomic E-state index is 12.2. The first-order chi connectivity index (χ1) is 12.6. The molecule has 3 aromatic heterocycles. The summed E-state index contributed by atoms with van der Waals surface area (Å²) in [7, 11) is 0. The van der Waals surface area contributed by atoms with E-state index in [1.807, 2.05) is 34.3 Å². The number of pyridine rings is 1. The molecule has 0 spiro atoms. The van der Waals surface area contributed by atoms with Crippen LogP contribution in [0, 0.1) is 0 Å². The van der Waals surface area contributed by atoms with Crippen LogP contribution in [0.25, 0.3) is 16.2 Å². The number of fused-ring (bicyclic) bond motifs is 1. The molecule has 3 N–H and O–H groups in total. The summed E-state index contributed by atoms with van der Waals surface area (Å²) in [6.07, 6.45) is 5.20. The van der Waals surface area contributed by atoms with E-state index in [2.05, 4.69) is 15.3 Å². The van der Waals surface area contributed by atoms with Crippen molar-refractivity contribution >= 4 is 33.8 Å². The number of imidazole rings is 1. The summed E-state index contributed by atoms with van der Waals surface area (Å²) < 4.78 is 1.97. The van der Waals surface area contributed by atoms with Crippen LogP contribution < -0.4 is 11.1 Å². The zero-order valence-corrected chi connectivity index (χ0v) is 14.2. The molecule has 0 aliphatic rings. The van der Waals surface area contributed by atoms with E-state index in [-0.39, 0.29) is 17.2 Å². The largest absolute Gasteiger partial charge is 0.366 e. The quantitative estimate of drug-likeness (QED) is 0.582. The topological polar surface area (TPSA) is 102 Å². The summed E-state index contributed by atoms with van der Waals surface area (Å²) in [5, 5.41) is 4.75. The lowest BCUT2D eigenvalue weighted by molar-refractivity contribution is 0.0993. The number of carbonyl (C=O) groups is 2. The highest BCUT2D eigenvalue weighted by Gasteiger charge is 2.10. The molecule has 3 heterocycles. The van der Waals surface area contributed by atoms with Crippen LogP contribution in [0.2, 0.25) is 0 Å². The highest BCUT2D eigenvalue weighted by Crippen LogP contribution is 2.23. The number of hydrogen-bond donors (Lipinski definition) is 2. The molecule has 2 amide bonds. The Kier molecular flexibility index (Phi) is 3.94. The number of amides is 2. The summed E-state index contributed by atoms with van der Waals surface area (Å²) in [6, 6.07) is 10.3. The number of carbonyl (C=O) groups excluding carboxylic acids is 2. The lowest BCUT2D eigenvalue weighted by atomic mass is 10.1. The van der Waals surface area contributed by atoms with Crippen molar-refractivity contribution in [1.29, 1.82) is 0 Å². The average molecular weight is 363 g/mol. The van der Waals surface area contributed by atoms with Gasteiger partial charge in [0.2, 0.25) is 5.91 Å². The van der Waals surface area contributed by atoms with Gasteiger partial charge in [0.05, 0.1) is 11.3 Å². The first-order valence-corrected chi connectivity index (χ1v) is 8.58. The molecular weight excluding hydrogens is 350 g/mol. The van der Waals surface area contributed by atoms with Crippen molar-refractivity contribution in [1.82, 2.24) is 14.4 Å². The van der Waals surface area contributed by atoms with Crippen molar-refractivity contribution in [3.05, 3.63) is 71.6 Å². The monoisotopic (exact) mass is 363 g/mol. The molecule has 0 bridgehead atoms. The molecular formula is C18H13N5O2S. The molecule has 0 saturated carbocycles. The van der Waals surface area contributed by atoms with Crippen LogP contribution in [0.4, 0.5) is 5.69 Å². The van der Waals surface area contributed by atoms with Gasteiger partial charge in [0.1, 0.15) is 5.69 Å². The number of thiazole rings is 1. The number of benzene rings is 1. The molecule has 7 nitrogen and oxygen atoms in total. The van der Waals surface area contributed by atoms with Crippen molar-refractivity contribution in [3.63, 3.8) is 0 Å². The lowest BCUT2D eigenvalue weighted by Gasteiger charge is -2.06. The number of nitrogens with two attached hydrogens (primary N) is 1. The maximum atomic E-state index is 12.2. The van der Waals surface area contributed by atoms with E-state index in [0.29, 0.717) is 5.69 Å². The molecule has 0 aliphatic carbocycles. The van der Waals surface area contributed by atoms with Crippen molar-refractivity contribution in [2.24, 2.45) is 5.73 Å². The Bertz CT molecular complexity index is 1070. The molecule has 0 atom stereocenters. The van der Waals surface area contributed by atoms with Crippen LogP contribution in [0.1, 0.15) is 20.8 Å². The lowest BCUT2D eigenvalue weighted by Crippen LogP contribution is -2.15. The molecule has 8 heteroatoms. The van der Waals surface area contributed by atoms with E-state index >= 15 is 0 Å². The van der Waals surface area contributed by atoms with Crippen LogP contribution in [-0.2, 0) is 0 Å². The molecule has 4 aromatic rings. The second-order valence-electron chi connectivity index (χ2n) is 5.55. The molecule has 0 saturated heterocycles. The number of nitrogens with zero attached hydrogens (tertiary/aromatic N) is 3. The Labute approximate surface area is 152 Å². The van der Waals surface area contributed by atoms with Gasteiger partial charge >= 0.3 is 0 Å². The van der Waals surface area contributed by atoms with Gasteiger partial charge in [-0.1, -0.05) is 12.1 Å². The first kappa shape index (κ1) is 16.0. The Balaban J connectivity index is 1.49. The maximum Gasteiger partial charge on any atom is 0.274 e. The van der Waals surface area contributed by atoms with E-state index in [1.165, 1.54) is 18.3 Å². The third kappa shape index (κ3) is 3.05. The van der Waals surface area contributed by atoms with Gasteiger partial charge < -0.3 is 11.1 Å². The third-order valence-electron chi connectivity index (χ3n) is 3.81. The van der Waals surface area contributed by atoms with Crippen LogP contribution in [-0.4, -0.2) is 26.2 Å². The third-order valence-corrected chi connectivity index (χ3v) is 4.58. The molecule has 0 unspecified atom stereocenters. The summed E-state index contributed by atoms with van der Waals surface area (Å²) >= 11 is 1.57. The molecule has 128 valence electrons. The normalized spacial score (nSPS) is 10.8. The smallest absolute Gasteiger partial charge is 0.274 e. The minimum absolute atomic E-state index is 0.202. The van der Waals surface area contributed by atoms with Crippen molar-refractivity contribution in [2.75, 3.05) is 5.32 Å². The van der Waals surface area contributed by atoms with Gasteiger partial charge in [0.25, 0.3) is 5.91 Å². The number of anilines is 1. The van der Waals surface area contributed by atoms with Gasteiger partial charge in [-0.05, 0) is 24.3 Å². The van der Waals surface area contributed by atoms with E-state index in [9.17, 15) is 9.59 Å². The van der Waals surface area contributed by atoms with Gasteiger partial charge in [0.15, 0.2) is 4.96 Å². The van der Waals surface area contributed by atoms with Crippen LogP contribution in [0.15, 0.2) is 60.4 Å². The van der Waals surface area contributed by atoms with E-state index in [1.54, 1.807) is 23.5 Å². The van der Waals surface area contributed by atoms with E-state index in [4.69, 9.17) is 5.73 Å². The predicted octanol–water partition coefficient (Wildman–Crippen LogP) is 2.81. The zero-order valence-electron chi connectivity index (χ0n) is 13.4. The number of primary amides is 1. The molecule has 0 fully saturated rings. The fourth-order valence-corrected chi connectivity index (χ4v) is 3.16. The summed E-state index contributed by atoms with van der Waals surface area (Å²) in [5.41, 5.74) is 8.09. The minimum Gasteiger partial charge on any atom is -0.366 e. The van der Waals surface area contributed by atoms with E-state index < -0.39 is 5.91 Å². The van der Waals surface area contributed by atoms with Gasteiger partial charge in [0, 0.05) is 35.2 Å². The highest BCUT2D eigenvalue weighted by atomic mass is 32.1. The van der Waals surface area contributed by atoms with Crippen LogP contribution >= 0.6 is 11.3 Å². The Morgan fingerprint density at radius 2 is 1.92 bits per heavy atom. The fraction of sp³-hybridized carbons (Fsp3) is 0. The van der Waals surface area contributed by atoms with Gasteiger partial charge in [-0.3, -0.25) is 19.0 Å². The molecule has 4 rings (SSSR count). The summed E-state index contributed by atoms with van der Waals surface area (Å²) in [4.78, 5) is 32.7. The van der Waals surface area contributed by atoms with Gasteiger partial charge in [-0.25, -0.2) is 4.98 Å². The number of hydrogen-bond acceptors (Lipinski definition) is 5. The van der Waals surface area contributed by atoms with Crippen LogP contribution in [0.3, 0.4) is 0 Å². The standard InChI is InChI=1S/C18H13N5O2S/c19-16(24)12-3-6-14(20-9-12)17(25)21-13-4-1-11(2-5-13)15-10-23-7-8-26-18(23)22-15/h1-10H,(H2,19,24)(H,21,25). The number of nitrogens with one attached hydrogen (secondary N) is 1. The predicted molar refractivity (Wildman–Crippen MR) is 99.2 cm³/mol. The second-order valence-corrected chi connectivity index (χ2v) is 6.42. The second kappa shape index (κ2) is 6.41. The fourth-order valence-electron chi connectivity index (χ4n) is 2.46. The number of rotatable bonds is 4. The number of aromatic nitrogens is 3. The minimum atomic E-state index is -0.584. The van der Waals surface area contributed by atoms with E-state index in [0.717, 1.165) is 16.2 Å². The first-order valence-electron chi connectivity index (χ1n) is 7.70. The Hall–Kier alpha value is -3.52. The van der Waals surface area contributed by atoms with Crippen molar-refractivity contribution in [2.45, 2.75) is 0 Å². The molecule has 1 aromatic carbocycles. The van der Waals surface area contributed by atoms with Crippen LogP contribution in [0.5, 0.6) is 0 Å². The van der Waals surface area contributed by atoms with Crippen molar-refractivity contribution in [3.8, 4) is 11.3 Å². The summed E-state index contributed by atoms with van der Waals surface area (Å²) in [5.74, 6) is -0.949. The van der Waals surface area contributed by atoms with Crippen molar-refractivity contribution < 1.29 is 9.59 Å². The highest BCUT2D eigenvalue weighted by molar-refractivity contribution is 7.15. The molecule has 0 aliphatic heterocycles. The van der Waals surface area contributed by atoms with Gasteiger partial charge in [-0.15, -0.1) is 11.3 Å². The van der Waals surface area contributed by atoms with Gasteiger partial charge in [-0.2, -0.15) is 0 Å². The summed E-state index contributed by atoms with van der Waals surface area (Å²) in [6.45, 7) is 0. The zero-order chi connectivity index (χ0) is 18.1. The molecule has 0 radical (unpaired) electrons. The molecule has 26 heavy (non-hydrogen) atoms. The SMILES string of the molecule is NC(=O)c1ccc(C(=O)Nc2ccc(-c3cn4ccsc4n3)cc2)nc1. The Morgan fingerprint density at radius 3 is 2.58 bits per heavy atom.